The van der Waals surface area contributed by atoms with E-state index in [0.717, 1.165) is 16.5 Å². The average Bonchev–Trinajstić information content (AvgIpc) is 2.65. The summed E-state index contributed by atoms with van der Waals surface area (Å²) < 4.78 is 15.3. The fourth-order valence-electron chi connectivity index (χ4n) is 2.35. The number of carbonyl (C=O) groups is 1. The summed E-state index contributed by atoms with van der Waals surface area (Å²) >= 11 is 5.73. The third kappa shape index (κ3) is 3.12. The predicted molar refractivity (Wildman–Crippen MR) is 79.5 cm³/mol. The fourth-order valence-corrected chi connectivity index (χ4v) is 2.41. The molecular weight excluding hydrogens is 279 g/mol. The molecule has 2 unspecified atom stereocenters. The summed E-state index contributed by atoms with van der Waals surface area (Å²) in [7, 11) is 1.92. The number of benzene rings is 1. The summed E-state index contributed by atoms with van der Waals surface area (Å²) in [5.41, 5.74) is 1.99. The Bertz CT molecular complexity index is 636. The summed E-state index contributed by atoms with van der Waals surface area (Å²) in [6, 6.07) is 4.69. The van der Waals surface area contributed by atoms with Crippen LogP contribution in [-0.2, 0) is 18.3 Å². The summed E-state index contributed by atoms with van der Waals surface area (Å²) in [5.74, 6) is -0.443. The number of aryl methyl sites for hydroxylation is 1. The van der Waals surface area contributed by atoms with Crippen LogP contribution < -0.4 is 5.32 Å². The highest BCUT2D eigenvalue weighted by atomic mass is 35.5. The van der Waals surface area contributed by atoms with Gasteiger partial charge in [-0.2, -0.15) is 0 Å². The number of amides is 1. The van der Waals surface area contributed by atoms with Crippen LogP contribution in [0.25, 0.3) is 10.9 Å². The van der Waals surface area contributed by atoms with Crippen molar-refractivity contribution in [2.45, 2.75) is 31.7 Å². The van der Waals surface area contributed by atoms with Crippen LogP contribution in [0.15, 0.2) is 24.4 Å². The molecular formula is C15H18ClFN2O. The molecule has 20 heavy (non-hydrogen) atoms. The lowest BCUT2D eigenvalue weighted by molar-refractivity contribution is -0.121. The lowest BCUT2D eigenvalue weighted by atomic mass is 10.1. The highest BCUT2D eigenvalue weighted by molar-refractivity contribution is 6.30. The van der Waals surface area contributed by atoms with Gasteiger partial charge in [-0.15, -0.1) is 11.6 Å². The maximum Gasteiger partial charge on any atom is 0.237 e. The Labute approximate surface area is 122 Å². The van der Waals surface area contributed by atoms with Gasteiger partial charge in [0.15, 0.2) is 0 Å². The molecule has 0 saturated heterocycles. The first-order chi connectivity index (χ1) is 9.38. The van der Waals surface area contributed by atoms with E-state index < -0.39 is 5.38 Å². The van der Waals surface area contributed by atoms with E-state index in [0.29, 0.717) is 6.42 Å². The Morgan fingerprint density at radius 1 is 1.45 bits per heavy atom. The topological polar surface area (TPSA) is 34.0 Å². The molecule has 2 rings (SSSR count). The molecule has 2 aromatic rings. The lowest BCUT2D eigenvalue weighted by Crippen LogP contribution is -2.37. The van der Waals surface area contributed by atoms with Gasteiger partial charge in [-0.05, 0) is 44.0 Å². The summed E-state index contributed by atoms with van der Waals surface area (Å²) in [6.07, 6.45) is 2.60. The van der Waals surface area contributed by atoms with E-state index in [-0.39, 0.29) is 17.8 Å². The second-order valence-corrected chi connectivity index (χ2v) is 5.81. The number of halogens is 2. The van der Waals surface area contributed by atoms with Gasteiger partial charge in [0, 0.05) is 30.2 Å². The van der Waals surface area contributed by atoms with E-state index in [4.69, 9.17) is 11.6 Å². The Morgan fingerprint density at radius 3 is 2.80 bits per heavy atom. The first-order valence-corrected chi connectivity index (χ1v) is 7.00. The van der Waals surface area contributed by atoms with Gasteiger partial charge >= 0.3 is 0 Å². The largest absolute Gasteiger partial charge is 0.352 e. The lowest BCUT2D eigenvalue weighted by Gasteiger charge is -2.14. The number of nitrogens with one attached hydrogen (secondary N) is 1. The van der Waals surface area contributed by atoms with E-state index in [1.165, 1.54) is 12.1 Å². The molecule has 1 aromatic heterocycles. The van der Waals surface area contributed by atoms with Crippen molar-refractivity contribution in [1.82, 2.24) is 9.88 Å². The van der Waals surface area contributed by atoms with Gasteiger partial charge in [0.1, 0.15) is 11.2 Å². The van der Waals surface area contributed by atoms with E-state index in [2.05, 4.69) is 5.32 Å². The summed E-state index contributed by atoms with van der Waals surface area (Å²) in [6.45, 7) is 3.55. The molecule has 0 fully saturated rings. The van der Waals surface area contributed by atoms with Crippen molar-refractivity contribution >= 4 is 28.4 Å². The molecule has 2 atom stereocenters. The van der Waals surface area contributed by atoms with E-state index in [9.17, 15) is 9.18 Å². The number of hydrogen-bond acceptors (Lipinski definition) is 1. The average molecular weight is 297 g/mol. The summed E-state index contributed by atoms with van der Waals surface area (Å²) in [4.78, 5) is 11.6. The molecule has 5 heteroatoms. The van der Waals surface area contributed by atoms with Gasteiger partial charge < -0.3 is 9.88 Å². The number of rotatable bonds is 4. The maximum atomic E-state index is 13.4. The van der Waals surface area contributed by atoms with Crippen molar-refractivity contribution < 1.29 is 9.18 Å². The molecule has 3 nitrogen and oxygen atoms in total. The van der Waals surface area contributed by atoms with Crippen LogP contribution in [-0.4, -0.2) is 21.9 Å². The zero-order valence-corrected chi connectivity index (χ0v) is 12.5. The molecule has 0 saturated carbocycles. The van der Waals surface area contributed by atoms with Crippen LogP contribution in [0.5, 0.6) is 0 Å². The minimum Gasteiger partial charge on any atom is -0.352 e. The van der Waals surface area contributed by atoms with Crippen molar-refractivity contribution in [2.24, 2.45) is 7.05 Å². The highest BCUT2D eigenvalue weighted by Crippen LogP contribution is 2.22. The standard InChI is InChI=1S/C15H18ClFN2O/c1-9(18-15(20)10(2)16)6-11-8-19(3)14-5-4-12(17)7-13(11)14/h4-5,7-10H,6H2,1-3H3,(H,18,20). The molecule has 1 N–H and O–H groups in total. The zero-order valence-electron chi connectivity index (χ0n) is 11.8. The molecule has 0 spiro atoms. The van der Waals surface area contributed by atoms with Gasteiger partial charge in [0.2, 0.25) is 5.91 Å². The van der Waals surface area contributed by atoms with Gasteiger partial charge in [0.25, 0.3) is 0 Å². The van der Waals surface area contributed by atoms with Gasteiger partial charge in [0.05, 0.1) is 0 Å². The van der Waals surface area contributed by atoms with E-state index in [1.54, 1.807) is 13.0 Å². The number of nitrogens with zero attached hydrogens (tertiary/aromatic N) is 1. The van der Waals surface area contributed by atoms with Crippen LogP contribution in [0, 0.1) is 5.82 Å². The number of aromatic nitrogens is 1. The van der Waals surface area contributed by atoms with Gasteiger partial charge in [-0.25, -0.2) is 4.39 Å². The Hall–Kier alpha value is -1.55. The smallest absolute Gasteiger partial charge is 0.237 e. The molecule has 0 aliphatic carbocycles. The first kappa shape index (κ1) is 14.9. The van der Waals surface area contributed by atoms with Crippen molar-refractivity contribution in [3.63, 3.8) is 0 Å². The zero-order chi connectivity index (χ0) is 14.9. The van der Waals surface area contributed by atoms with E-state index in [1.807, 2.05) is 24.7 Å². The van der Waals surface area contributed by atoms with Crippen LogP contribution in [0.2, 0.25) is 0 Å². The number of hydrogen-bond donors (Lipinski definition) is 1. The second-order valence-electron chi connectivity index (χ2n) is 5.16. The van der Waals surface area contributed by atoms with Gasteiger partial charge in [-0.1, -0.05) is 0 Å². The quantitative estimate of drug-likeness (QED) is 0.865. The maximum absolute atomic E-state index is 13.4. The molecule has 0 aliphatic rings. The molecule has 0 bridgehead atoms. The van der Waals surface area contributed by atoms with Crippen molar-refractivity contribution in [3.8, 4) is 0 Å². The number of fused-ring (bicyclic) bond motifs is 1. The third-order valence-corrected chi connectivity index (χ3v) is 3.51. The SMILES string of the molecule is CC(Cc1cn(C)c2ccc(F)cc12)NC(=O)C(C)Cl. The monoisotopic (exact) mass is 296 g/mol. The number of alkyl halides is 1. The molecule has 0 aliphatic heterocycles. The predicted octanol–water partition coefficient (Wildman–Crippen LogP) is 2.99. The normalized spacial score (nSPS) is 14.2. The second kappa shape index (κ2) is 5.83. The Kier molecular flexibility index (Phi) is 4.33. The van der Waals surface area contributed by atoms with E-state index >= 15 is 0 Å². The van der Waals surface area contributed by atoms with Crippen molar-refractivity contribution in [3.05, 3.63) is 35.8 Å². The Balaban J connectivity index is 2.21. The molecule has 108 valence electrons. The highest BCUT2D eigenvalue weighted by Gasteiger charge is 2.15. The minimum absolute atomic E-state index is 0.0578. The number of carbonyl (C=O) groups excluding carboxylic acids is 1. The molecule has 1 heterocycles. The van der Waals surface area contributed by atoms with Crippen molar-refractivity contribution in [2.75, 3.05) is 0 Å². The van der Waals surface area contributed by atoms with Crippen molar-refractivity contribution in [1.29, 1.82) is 0 Å². The van der Waals surface area contributed by atoms with Crippen LogP contribution >= 0.6 is 11.6 Å². The van der Waals surface area contributed by atoms with Gasteiger partial charge in [-0.3, -0.25) is 4.79 Å². The third-order valence-electron chi connectivity index (χ3n) is 3.31. The Morgan fingerprint density at radius 2 is 2.15 bits per heavy atom. The van der Waals surface area contributed by atoms with Crippen LogP contribution in [0.4, 0.5) is 4.39 Å². The molecule has 0 radical (unpaired) electrons. The first-order valence-electron chi connectivity index (χ1n) is 6.56. The fraction of sp³-hybridized carbons (Fsp3) is 0.400. The molecule has 1 aromatic carbocycles. The summed E-state index contributed by atoms with van der Waals surface area (Å²) in [5, 5.41) is 3.17. The molecule has 1 amide bonds. The van der Waals surface area contributed by atoms with Crippen LogP contribution in [0.1, 0.15) is 19.4 Å². The minimum atomic E-state index is -0.553. The van der Waals surface area contributed by atoms with Crippen LogP contribution in [0.3, 0.4) is 0 Å².